The number of ether oxygens (including phenoxy) is 1. The molecule has 1 aromatic heterocycles. The number of hydrogen-bond donors (Lipinski definition) is 1. The van der Waals surface area contributed by atoms with Gasteiger partial charge in [0.2, 0.25) is 0 Å². The van der Waals surface area contributed by atoms with E-state index in [0.717, 1.165) is 34.8 Å². The van der Waals surface area contributed by atoms with E-state index in [1.165, 1.54) is 12.8 Å². The van der Waals surface area contributed by atoms with Crippen molar-refractivity contribution in [2.75, 3.05) is 19.0 Å². The van der Waals surface area contributed by atoms with E-state index < -0.39 is 0 Å². The van der Waals surface area contributed by atoms with Crippen LogP contribution in [0.15, 0.2) is 4.47 Å². The van der Waals surface area contributed by atoms with Crippen LogP contribution >= 0.6 is 15.9 Å². The highest BCUT2D eigenvalue weighted by Crippen LogP contribution is 2.43. The summed E-state index contributed by atoms with van der Waals surface area (Å²) in [6.07, 6.45) is 3.37. The van der Waals surface area contributed by atoms with Crippen LogP contribution in [0.5, 0.6) is 0 Å². The van der Waals surface area contributed by atoms with Gasteiger partial charge < -0.3 is 10.1 Å². The van der Waals surface area contributed by atoms with Crippen molar-refractivity contribution < 1.29 is 4.74 Å². The van der Waals surface area contributed by atoms with Gasteiger partial charge in [0.25, 0.3) is 0 Å². The van der Waals surface area contributed by atoms with Crippen LogP contribution in [0.2, 0.25) is 0 Å². The first-order valence-electron chi connectivity index (χ1n) is 6.48. The summed E-state index contributed by atoms with van der Waals surface area (Å²) in [6.45, 7) is 4.97. The summed E-state index contributed by atoms with van der Waals surface area (Å²) in [5.41, 5.74) is 1.15. The lowest BCUT2D eigenvalue weighted by Gasteiger charge is -2.14. The van der Waals surface area contributed by atoms with Gasteiger partial charge in [0, 0.05) is 26.0 Å². The van der Waals surface area contributed by atoms with Crippen LogP contribution in [0.3, 0.4) is 0 Å². The molecular formula is C13H20BrN3O. The third-order valence-corrected chi connectivity index (χ3v) is 3.89. The molecule has 0 aromatic carbocycles. The van der Waals surface area contributed by atoms with Crippen molar-refractivity contribution in [1.82, 2.24) is 9.97 Å². The zero-order valence-electron chi connectivity index (χ0n) is 11.2. The van der Waals surface area contributed by atoms with Crippen molar-refractivity contribution in [3.63, 3.8) is 0 Å². The first-order chi connectivity index (χ1) is 8.65. The Balaban J connectivity index is 2.28. The molecule has 0 radical (unpaired) electrons. The van der Waals surface area contributed by atoms with Gasteiger partial charge in [-0.05, 0) is 42.6 Å². The SMILES string of the molecule is CCNc1nc(CC(C)OC)nc(C2CC2)c1Br. The van der Waals surface area contributed by atoms with Gasteiger partial charge in [-0.3, -0.25) is 0 Å². The van der Waals surface area contributed by atoms with Crippen LogP contribution < -0.4 is 5.32 Å². The summed E-state index contributed by atoms with van der Waals surface area (Å²) in [5, 5.41) is 3.29. The van der Waals surface area contributed by atoms with Crippen molar-refractivity contribution in [2.45, 2.75) is 45.1 Å². The lowest BCUT2D eigenvalue weighted by atomic mass is 10.2. The predicted octanol–water partition coefficient (Wildman–Crippen LogP) is 3.13. The molecule has 1 aliphatic carbocycles. The summed E-state index contributed by atoms with van der Waals surface area (Å²) in [6, 6.07) is 0. The Bertz CT molecular complexity index is 421. The molecule has 1 fully saturated rings. The molecule has 5 heteroatoms. The van der Waals surface area contributed by atoms with E-state index in [-0.39, 0.29) is 6.10 Å². The number of nitrogens with zero attached hydrogens (tertiary/aromatic N) is 2. The normalized spacial score (nSPS) is 16.7. The number of rotatable bonds is 6. The van der Waals surface area contributed by atoms with E-state index in [1.807, 2.05) is 6.92 Å². The highest BCUT2D eigenvalue weighted by molar-refractivity contribution is 9.10. The molecule has 4 nitrogen and oxygen atoms in total. The van der Waals surface area contributed by atoms with E-state index in [0.29, 0.717) is 5.92 Å². The average molecular weight is 314 g/mol. The molecule has 0 spiro atoms. The first-order valence-corrected chi connectivity index (χ1v) is 7.28. The predicted molar refractivity (Wildman–Crippen MR) is 76.0 cm³/mol. The number of methoxy groups -OCH3 is 1. The third kappa shape index (κ3) is 3.20. The maximum atomic E-state index is 5.29. The lowest BCUT2D eigenvalue weighted by Crippen LogP contribution is -2.14. The molecular weight excluding hydrogens is 294 g/mol. The molecule has 0 bridgehead atoms. The van der Waals surface area contributed by atoms with Crippen molar-refractivity contribution in [2.24, 2.45) is 0 Å². The minimum atomic E-state index is 0.146. The quantitative estimate of drug-likeness (QED) is 0.876. The van der Waals surface area contributed by atoms with Gasteiger partial charge in [0.05, 0.1) is 16.3 Å². The Morgan fingerprint density at radius 1 is 1.44 bits per heavy atom. The van der Waals surface area contributed by atoms with Gasteiger partial charge in [0.1, 0.15) is 11.6 Å². The van der Waals surface area contributed by atoms with E-state index >= 15 is 0 Å². The third-order valence-electron chi connectivity index (χ3n) is 3.10. The summed E-state index contributed by atoms with van der Waals surface area (Å²) in [7, 11) is 1.72. The highest BCUT2D eigenvalue weighted by atomic mass is 79.9. The highest BCUT2D eigenvalue weighted by Gasteiger charge is 2.29. The molecule has 0 amide bonds. The summed E-state index contributed by atoms with van der Waals surface area (Å²) < 4.78 is 6.32. The van der Waals surface area contributed by atoms with Crippen LogP contribution in [-0.2, 0) is 11.2 Å². The molecule has 1 atom stereocenters. The molecule has 0 saturated heterocycles. The lowest BCUT2D eigenvalue weighted by molar-refractivity contribution is 0.117. The molecule has 0 aliphatic heterocycles. The standard InChI is InChI=1S/C13H20BrN3O/c1-4-15-13-11(14)12(9-5-6-9)16-10(17-13)7-8(2)18-3/h8-9H,4-7H2,1-3H3,(H,15,16,17). The minimum Gasteiger partial charge on any atom is -0.381 e. The molecule has 1 N–H and O–H groups in total. The Labute approximate surface area is 117 Å². The van der Waals surface area contributed by atoms with Gasteiger partial charge in [-0.25, -0.2) is 9.97 Å². The molecule has 1 saturated carbocycles. The van der Waals surface area contributed by atoms with E-state index in [1.54, 1.807) is 7.11 Å². The fourth-order valence-corrected chi connectivity index (χ4v) is 2.50. The zero-order valence-corrected chi connectivity index (χ0v) is 12.7. The smallest absolute Gasteiger partial charge is 0.144 e. The fraction of sp³-hybridized carbons (Fsp3) is 0.692. The number of halogens is 1. The average Bonchev–Trinajstić information content (AvgIpc) is 3.17. The second-order valence-corrected chi connectivity index (χ2v) is 5.54. The van der Waals surface area contributed by atoms with E-state index in [4.69, 9.17) is 4.74 Å². The Morgan fingerprint density at radius 3 is 2.72 bits per heavy atom. The van der Waals surface area contributed by atoms with Crippen LogP contribution in [0.4, 0.5) is 5.82 Å². The molecule has 1 unspecified atom stereocenters. The number of anilines is 1. The van der Waals surface area contributed by atoms with Gasteiger partial charge in [-0.2, -0.15) is 0 Å². The molecule has 2 rings (SSSR count). The molecule has 100 valence electrons. The monoisotopic (exact) mass is 313 g/mol. The van der Waals surface area contributed by atoms with Crippen LogP contribution in [0.25, 0.3) is 0 Å². The van der Waals surface area contributed by atoms with Crippen molar-refractivity contribution >= 4 is 21.7 Å². The summed E-state index contributed by atoms with van der Waals surface area (Å²) >= 11 is 3.62. The number of nitrogens with one attached hydrogen (secondary N) is 1. The molecule has 1 aliphatic rings. The second-order valence-electron chi connectivity index (χ2n) is 4.74. The van der Waals surface area contributed by atoms with Crippen LogP contribution in [0.1, 0.15) is 44.1 Å². The van der Waals surface area contributed by atoms with Crippen molar-refractivity contribution in [3.8, 4) is 0 Å². The second kappa shape index (κ2) is 5.97. The van der Waals surface area contributed by atoms with Crippen molar-refractivity contribution in [3.05, 3.63) is 16.0 Å². The summed E-state index contributed by atoms with van der Waals surface area (Å²) in [4.78, 5) is 9.26. The summed E-state index contributed by atoms with van der Waals surface area (Å²) in [5.74, 6) is 2.38. The van der Waals surface area contributed by atoms with E-state index in [2.05, 4.69) is 38.1 Å². The maximum absolute atomic E-state index is 5.29. The number of hydrogen-bond acceptors (Lipinski definition) is 4. The fourth-order valence-electron chi connectivity index (χ4n) is 1.86. The Hall–Kier alpha value is -0.680. The Morgan fingerprint density at radius 2 is 2.17 bits per heavy atom. The van der Waals surface area contributed by atoms with Crippen LogP contribution in [0, 0.1) is 0 Å². The van der Waals surface area contributed by atoms with Gasteiger partial charge >= 0.3 is 0 Å². The molecule has 1 heterocycles. The number of aromatic nitrogens is 2. The molecule has 18 heavy (non-hydrogen) atoms. The first kappa shape index (κ1) is 13.7. The molecule has 1 aromatic rings. The van der Waals surface area contributed by atoms with E-state index in [9.17, 15) is 0 Å². The van der Waals surface area contributed by atoms with Crippen molar-refractivity contribution in [1.29, 1.82) is 0 Å². The largest absolute Gasteiger partial charge is 0.381 e. The van der Waals surface area contributed by atoms with Gasteiger partial charge in [-0.15, -0.1) is 0 Å². The van der Waals surface area contributed by atoms with Gasteiger partial charge in [-0.1, -0.05) is 0 Å². The minimum absolute atomic E-state index is 0.146. The van der Waals surface area contributed by atoms with Crippen LogP contribution in [-0.4, -0.2) is 29.7 Å². The Kier molecular flexibility index (Phi) is 4.56. The zero-order chi connectivity index (χ0) is 13.1. The van der Waals surface area contributed by atoms with Gasteiger partial charge in [0.15, 0.2) is 0 Å². The topological polar surface area (TPSA) is 47.0 Å². The maximum Gasteiger partial charge on any atom is 0.144 e.